The quantitative estimate of drug-likeness (QED) is 0.728. The summed E-state index contributed by atoms with van der Waals surface area (Å²) >= 11 is 7.71. The van der Waals surface area contributed by atoms with Crippen LogP contribution in [0.15, 0.2) is 18.5 Å². The van der Waals surface area contributed by atoms with Gasteiger partial charge < -0.3 is 20.2 Å². The number of amides is 1. The highest BCUT2D eigenvalue weighted by atomic mass is 35.5. The van der Waals surface area contributed by atoms with E-state index in [9.17, 15) is 9.90 Å². The van der Waals surface area contributed by atoms with Crippen LogP contribution in [-0.4, -0.2) is 64.6 Å². The van der Waals surface area contributed by atoms with Crippen molar-refractivity contribution in [1.29, 1.82) is 0 Å². The Labute approximate surface area is 191 Å². The lowest BCUT2D eigenvalue weighted by Crippen LogP contribution is -2.52. The van der Waals surface area contributed by atoms with Crippen molar-refractivity contribution in [2.75, 3.05) is 37.6 Å². The SMILES string of the molecule is C[C@@H]1C[C@H](O)c2ncnc(N3CCN(C(=O)C(c4ccc(Cl)s4)C4CCCN4)CC3)c21. The molecule has 4 heterocycles. The predicted molar refractivity (Wildman–Crippen MR) is 122 cm³/mol. The lowest BCUT2D eigenvalue weighted by atomic mass is 9.94. The zero-order valence-electron chi connectivity index (χ0n) is 17.6. The molecular weight excluding hydrogens is 434 g/mol. The Morgan fingerprint density at radius 3 is 2.77 bits per heavy atom. The highest BCUT2D eigenvalue weighted by Crippen LogP contribution is 2.43. The lowest BCUT2D eigenvalue weighted by molar-refractivity contribution is -0.133. The van der Waals surface area contributed by atoms with Gasteiger partial charge >= 0.3 is 0 Å². The maximum atomic E-state index is 13.6. The van der Waals surface area contributed by atoms with Gasteiger partial charge in [-0.1, -0.05) is 18.5 Å². The Balaban J connectivity index is 1.32. The summed E-state index contributed by atoms with van der Waals surface area (Å²) in [6.45, 7) is 5.87. The largest absolute Gasteiger partial charge is 0.387 e. The first kappa shape index (κ1) is 21.1. The van der Waals surface area contributed by atoms with Gasteiger partial charge in [0.25, 0.3) is 0 Å². The minimum absolute atomic E-state index is 0.174. The number of aromatic nitrogens is 2. The van der Waals surface area contributed by atoms with E-state index in [1.165, 1.54) is 11.3 Å². The number of anilines is 1. The fraction of sp³-hybridized carbons (Fsp3) is 0.591. The molecule has 2 N–H and O–H groups in total. The number of fused-ring (bicyclic) bond motifs is 1. The van der Waals surface area contributed by atoms with Gasteiger partial charge in [0.2, 0.25) is 5.91 Å². The van der Waals surface area contributed by atoms with E-state index in [0.29, 0.717) is 19.5 Å². The van der Waals surface area contributed by atoms with Gasteiger partial charge in [-0.2, -0.15) is 0 Å². The van der Waals surface area contributed by atoms with E-state index < -0.39 is 6.10 Å². The Hall–Kier alpha value is -1.74. The highest BCUT2D eigenvalue weighted by Gasteiger charge is 2.38. The van der Waals surface area contributed by atoms with E-state index in [0.717, 1.165) is 58.8 Å². The number of rotatable bonds is 4. The molecule has 31 heavy (non-hydrogen) atoms. The molecule has 2 aromatic rings. The van der Waals surface area contributed by atoms with Gasteiger partial charge in [0.1, 0.15) is 12.1 Å². The molecular formula is C22H28ClN5O2S. The molecule has 0 radical (unpaired) electrons. The third kappa shape index (κ3) is 3.95. The summed E-state index contributed by atoms with van der Waals surface area (Å²) in [6, 6.07) is 4.07. The number of hydrogen-bond donors (Lipinski definition) is 2. The molecule has 0 bridgehead atoms. The molecule has 0 spiro atoms. The van der Waals surface area contributed by atoms with E-state index in [1.54, 1.807) is 6.33 Å². The van der Waals surface area contributed by atoms with E-state index in [-0.39, 0.29) is 23.8 Å². The third-order valence-electron chi connectivity index (χ3n) is 6.84. The number of carbonyl (C=O) groups is 1. The molecule has 1 amide bonds. The van der Waals surface area contributed by atoms with Crippen LogP contribution in [0, 0.1) is 0 Å². The number of carbonyl (C=O) groups excluding carboxylic acids is 1. The van der Waals surface area contributed by atoms with Crippen molar-refractivity contribution in [3.05, 3.63) is 38.9 Å². The maximum absolute atomic E-state index is 13.6. The highest BCUT2D eigenvalue weighted by molar-refractivity contribution is 7.16. The molecule has 0 aromatic carbocycles. The predicted octanol–water partition coefficient (Wildman–Crippen LogP) is 2.92. The average Bonchev–Trinajstić information content (AvgIpc) is 3.51. The number of nitrogens with zero attached hydrogens (tertiary/aromatic N) is 4. The molecule has 2 unspecified atom stereocenters. The summed E-state index contributed by atoms with van der Waals surface area (Å²) in [6.07, 6.45) is 3.85. The number of aliphatic hydroxyl groups is 1. The summed E-state index contributed by atoms with van der Waals surface area (Å²) < 4.78 is 0.726. The average molecular weight is 462 g/mol. The van der Waals surface area contributed by atoms with Crippen LogP contribution in [0.1, 0.15) is 60.3 Å². The summed E-state index contributed by atoms with van der Waals surface area (Å²) in [5, 5.41) is 13.8. The van der Waals surface area contributed by atoms with Crippen LogP contribution in [0.25, 0.3) is 0 Å². The van der Waals surface area contributed by atoms with Gasteiger partial charge in [-0.25, -0.2) is 9.97 Å². The maximum Gasteiger partial charge on any atom is 0.232 e. The van der Waals surface area contributed by atoms with E-state index in [4.69, 9.17) is 11.6 Å². The Morgan fingerprint density at radius 1 is 1.29 bits per heavy atom. The van der Waals surface area contributed by atoms with Crippen molar-refractivity contribution in [1.82, 2.24) is 20.2 Å². The van der Waals surface area contributed by atoms with Crippen molar-refractivity contribution >= 4 is 34.7 Å². The second-order valence-corrected chi connectivity index (χ2v) is 10.5. The van der Waals surface area contributed by atoms with Crippen molar-refractivity contribution in [3.8, 4) is 0 Å². The molecule has 2 fully saturated rings. The van der Waals surface area contributed by atoms with E-state index in [1.807, 2.05) is 17.0 Å². The number of nitrogens with one attached hydrogen (secondary N) is 1. The fourth-order valence-electron chi connectivity index (χ4n) is 5.27. The minimum atomic E-state index is -0.507. The van der Waals surface area contributed by atoms with Crippen molar-refractivity contribution in [3.63, 3.8) is 0 Å². The summed E-state index contributed by atoms with van der Waals surface area (Å²) in [7, 11) is 0. The van der Waals surface area contributed by atoms with Gasteiger partial charge in [0, 0.05) is 42.7 Å². The molecule has 2 aliphatic heterocycles. The second kappa shape index (κ2) is 8.65. The molecule has 4 atom stereocenters. The molecule has 2 aromatic heterocycles. The number of piperazine rings is 1. The minimum Gasteiger partial charge on any atom is -0.387 e. The normalized spacial score (nSPS) is 26.9. The van der Waals surface area contributed by atoms with Crippen molar-refractivity contribution in [2.24, 2.45) is 0 Å². The first-order chi connectivity index (χ1) is 15.0. The van der Waals surface area contributed by atoms with Crippen LogP contribution in [-0.2, 0) is 4.79 Å². The second-order valence-electron chi connectivity index (χ2n) is 8.78. The van der Waals surface area contributed by atoms with Crippen molar-refractivity contribution in [2.45, 2.75) is 50.2 Å². The van der Waals surface area contributed by atoms with Gasteiger partial charge in [-0.3, -0.25) is 4.79 Å². The third-order valence-corrected chi connectivity index (χ3v) is 8.15. The standard InChI is InChI=1S/C22H28ClN5O2S/c1-13-11-15(29)20-18(13)21(26-12-25-20)27-7-9-28(10-8-27)22(30)19(14-3-2-6-24-14)16-4-5-17(23)31-16/h4-5,12-15,19,24,29H,2-3,6-11H2,1H3/t13-,14?,15+,19?/m1/s1. The number of thiophene rings is 1. The van der Waals surface area contributed by atoms with E-state index >= 15 is 0 Å². The molecule has 5 rings (SSSR count). The van der Waals surface area contributed by atoms with Crippen LogP contribution < -0.4 is 10.2 Å². The molecule has 166 valence electrons. The lowest BCUT2D eigenvalue weighted by Gasteiger charge is -2.38. The summed E-state index contributed by atoms with van der Waals surface area (Å²) in [5.74, 6) is 1.17. The van der Waals surface area contributed by atoms with E-state index in [2.05, 4.69) is 27.1 Å². The summed E-state index contributed by atoms with van der Waals surface area (Å²) in [4.78, 5) is 27.8. The van der Waals surface area contributed by atoms with Gasteiger partial charge in [0.05, 0.1) is 22.1 Å². The fourth-order valence-corrected chi connectivity index (χ4v) is 6.49. The topological polar surface area (TPSA) is 81.6 Å². The molecule has 9 heteroatoms. The molecule has 7 nitrogen and oxygen atoms in total. The Kier molecular flexibility index (Phi) is 5.90. The number of hydrogen-bond acceptors (Lipinski definition) is 7. The van der Waals surface area contributed by atoms with Crippen LogP contribution in [0.3, 0.4) is 0 Å². The van der Waals surface area contributed by atoms with Gasteiger partial charge in [-0.05, 0) is 43.9 Å². The van der Waals surface area contributed by atoms with Gasteiger partial charge in [-0.15, -0.1) is 11.3 Å². The van der Waals surface area contributed by atoms with Crippen molar-refractivity contribution < 1.29 is 9.90 Å². The zero-order chi connectivity index (χ0) is 21.5. The molecule has 2 saturated heterocycles. The molecule has 1 aliphatic carbocycles. The van der Waals surface area contributed by atoms with Crippen LogP contribution in [0.2, 0.25) is 4.34 Å². The monoisotopic (exact) mass is 461 g/mol. The Bertz CT molecular complexity index is 955. The zero-order valence-corrected chi connectivity index (χ0v) is 19.2. The Morgan fingerprint density at radius 2 is 2.10 bits per heavy atom. The van der Waals surface area contributed by atoms with Gasteiger partial charge in [0.15, 0.2) is 0 Å². The van der Waals surface area contributed by atoms with Crippen LogP contribution in [0.5, 0.6) is 0 Å². The smallest absolute Gasteiger partial charge is 0.232 e. The summed E-state index contributed by atoms with van der Waals surface area (Å²) in [5.41, 5.74) is 1.83. The molecule has 3 aliphatic rings. The first-order valence-electron chi connectivity index (χ1n) is 11.1. The first-order valence-corrected chi connectivity index (χ1v) is 12.3. The number of halogens is 1. The van der Waals surface area contributed by atoms with Crippen LogP contribution >= 0.6 is 22.9 Å². The molecule has 0 saturated carbocycles. The number of aliphatic hydroxyl groups excluding tert-OH is 1. The van der Waals surface area contributed by atoms with Crippen LogP contribution in [0.4, 0.5) is 5.82 Å².